The first-order valence-corrected chi connectivity index (χ1v) is 8.73. The largest absolute Gasteiger partial charge is 0.507 e. The van der Waals surface area contributed by atoms with E-state index in [-0.39, 0.29) is 16.7 Å². The lowest BCUT2D eigenvalue weighted by Crippen LogP contribution is -2.17. The summed E-state index contributed by atoms with van der Waals surface area (Å²) in [4.78, 5) is 1.06. The number of rotatable bonds is 4. The van der Waals surface area contributed by atoms with Crippen LogP contribution in [0.2, 0.25) is 0 Å². The van der Waals surface area contributed by atoms with Crippen LogP contribution in [-0.2, 0) is 10.8 Å². The predicted octanol–water partition coefficient (Wildman–Crippen LogP) is 4.68. The van der Waals surface area contributed by atoms with Crippen LogP contribution in [0.25, 0.3) is 0 Å². The molecule has 21 heavy (non-hydrogen) atoms. The van der Waals surface area contributed by atoms with Gasteiger partial charge in [0.05, 0.1) is 6.10 Å². The highest BCUT2D eigenvalue weighted by molar-refractivity contribution is 7.99. The fourth-order valence-corrected chi connectivity index (χ4v) is 3.22. The average molecular weight is 331 g/mol. The molecule has 4 heteroatoms. The minimum absolute atomic E-state index is 0.133. The van der Waals surface area contributed by atoms with E-state index in [1.807, 2.05) is 12.1 Å². The topological polar surface area (TPSA) is 40.5 Å². The van der Waals surface area contributed by atoms with Gasteiger partial charge in [-0.2, -0.15) is 0 Å². The number of thioether (sulfide) groups is 1. The molecule has 1 aromatic rings. The van der Waals surface area contributed by atoms with Crippen LogP contribution in [0.4, 0.5) is 0 Å². The molecular weight excluding hydrogens is 304 g/mol. The molecule has 120 valence electrons. The summed E-state index contributed by atoms with van der Waals surface area (Å²) >= 11 is 7.22. The Hall–Kier alpha value is -0.380. The number of aromatic hydroxyl groups is 1. The Labute approximate surface area is 137 Å². The summed E-state index contributed by atoms with van der Waals surface area (Å²) in [5.41, 5.74) is 1.62. The lowest BCUT2D eigenvalue weighted by atomic mass is 9.79. The minimum Gasteiger partial charge on any atom is -0.507 e. The monoisotopic (exact) mass is 330 g/mol. The molecule has 1 unspecified atom stereocenters. The van der Waals surface area contributed by atoms with E-state index in [1.165, 1.54) is 0 Å². The molecular formula is C17H27ClO2S. The molecule has 0 aromatic heterocycles. The predicted molar refractivity (Wildman–Crippen MR) is 93.0 cm³/mol. The summed E-state index contributed by atoms with van der Waals surface area (Å²) in [5.74, 6) is 1.18. The van der Waals surface area contributed by atoms with Crippen LogP contribution < -0.4 is 0 Å². The van der Waals surface area contributed by atoms with Crippen molar-refractivity contribution in [3.63, 3.8) is 0 Å². The molecule has 2 nitrogen and oxygen atoms in total. The lowest BCUT2D eigenvalue weighted by molar-refractivity contribution is 0.223. The maximum Gasteiger partial charge on any atom is 0.123 e. The van der Waals surface area contributed by atoms with Crippen molar-refractivity contribution in [1.29, 1.82) is 0 Å². The number of phenolic OH excluding ortho intramolecular Hbond substituents is 1. The summed E-state index contributed by atoms with van der Waals surface area (Å²) in [6, 6.07) is 4.05. The van der Waals surface area contributed by atoms with E-state index < -0.39 is 6.10 Å². The number of aliphatic hydroxyl groups is 1. The number of alkyl halides is 1. The third-order valence-electron chi connectivity index (χ3n) is 3.32. The molecule has 0 aliphatic rings. The molecule has 0 saturated carbocycles. The number of aliphatic hydroxyl groups excluding tert-OH is 1. The molecule has 0 aliphatic carbocycles. The van der Waals surface area contributed by atoms with Crippen molar-refractivity contribution >= 4 is 23.4 Å². The zero-order valence-electron chi connectivity index (χ0n) is 13.8. The van der Waals surface area contributed by atoms with Gasteiger partial charge in [0.2, 0.25) is 0 Å². The van der Waals surface area contributed by atoms with E-state index >= 15 is 0 Å². The molecule has 0 heterocycles. The highest BCUT2D eigenvalue weighted by atomic mass is 35.5. The second kappa shape index (κ2) is 6.80. The highest BCUT2D eigenvalue weighted by Gasteiger charge is 2.26. The van der Waals surface area contributed by atoms with Gasteiger partial charge in [-0.3, -0.25) is 0 Å². The van der Waals surface area contributed by atoms with Gasteiger partial charge < -0.3 is 10.2 Å². The summed E-state index contributed by atoms with van der Waals surface area (Å²) in [6.07, 6.45) is -0.512. The Morgan fingerprint density at radius 2 is 1.48 bits per heavy atom. The molecule has 1 aromatic carbocycles. The van der Waals surface area contributed by atoms with Gasteiger partial charge in [0.15, 0.2) is 0 Å². The molecule has 0 spiro atoms. The van der Waals surface area contributed by atoms with Crippen LogP contribution in [-0.4, -0.2) is 27.9 Å². The van der Waals surface area contributed by atoms with Crippen LogP contribution in [0.15, 0.2) is 17.0 Å². The van der Waals surface area contributed by atoms with Crippen molar-refractivity contribution < 1.29 is 10.2 Å². The van der Waals surface area contributed by atoms with E-state index in [2.05, 4.69) is 41.5 Å². The SMILES string of the molecule is CC(C)(C)c1cc(SCC(O)CCl)cc(C(C)(C)C)c1O. The number of hydrogen-bond acceptors (Lipinski definition) is 3. The lowest BCUT2D eigenvalue weighted by Gasteiger charge is -2.28. The standard InChI is InChI=1S/C17H27ClO2S/c1-16(2,3)13-7-12(21-10-11(19)9-18)8-14(15(13)20)17(4,5)6/h7-8,11,19-20H,9-10H2,1-6H3. The molecule has 1 atom stereocenters. The zero-order valence-corrected chi connectivity index (χ0v) is 15.4. The summed E-state index contributed by atoms with van der Waals surface area (Å²) in [5, 5.41) is 20.3. The summed E-state index contributed by atoms with van der Waals surface area (Å²) in [6.45, 7) is 12.6. The molecule has 0 amide bonds. The van der Waals surface area contributed by atoms with Crippen molar-refractivity contribution in [3.05, 3.63) is 23.3 Å². The summed E-state index contributed by atoms with van der Waals surface area (Å²) in [7, 11) is 0. The van der Waals surface area contributed by atoms with Crippen LogP contribution >= 0.6 is 23.4 Å². The van der Waals surface area contributed by atoms with E-state index in [4.69, 9.17) is 11.6 Å². The molecule has 0 aliphatic heterocycles. The van der Waals surface area contributed by atoms with Crippen LogP contribution in [0, 0.1) is 0 Å². The van der Waals surface area contributed by atoms with Gasteiger partial charge in [0.25, 0.3) is 0 Å². The molecule has 0 radical (unpaired) electrons. The third-order valence-corrected chi connectivity index (χ3v) is 4.80. The zero-order chi connectivity index (χ0) is 16.4. The van der Waals surface area contributed by atoms with Crippen LogP contribution in [0.5, 0.6) is 5.75 Å². The first-order valence-electron chi connectivity index (χ1n) is 7.21. The average Bonchev–Trinajstić information content (AvgIpc) is 2.34. The number of halogens is 1. The Morgan fingerprint density at radius 3 is 1.81 bits per heavy atom. The maximum atomic E-state index is 10.6. The van der Waals surface area contributed by atoms with E-state index in [1.54, 1.807) is 11.8 Å². The first kappa shape index (κ1) is 18.7. The van der Waals surface area contributed by atoms with Gasteiger partial charge >= 0.3 is 0 Å². The van der Waals surface area contributed by atoms with E-state index in [0.717, 1.165) is 16.0 Å². The first-order chi connectivity index (χ1) is 9.46. The fraction of sp³-hybridized carbons (Fsp3) is 0.647. The molecule has 0 saturated heterocycles. The fourth-order valence-electron chi connectivity index (χ4n) is 2.07. The van der Waals surface area contributed by atoms with Crippen molar-refractivity contribution in [2.45, 2.75) is 63.4 Å². The van der Waals surface area contributed by atoms with Crippen molar-refractivity contribution in [3.8, 4) is 5.75 Å². The van der Waals surface area contributed by atoms with Gasteiger partial charge in [-0.15, -0.1) is 23.4 Å². The summed E-state index contributed by atoms with van der Waals surface area (Å²) < 4.78 is 0. The molecule has 1 rings (SSSR count). The third kappa shape index (κ3) is 5.08. The Morgan fingerprint density at radius 1 is 1.05 bits per heavy atom. The van der Waals surface area contributed by atoms with Crippen molar-refractivity contribution in [2.24, 2.45) is 0 Å². The van der Waals surface area contributed by atoms with Gasteiger partial charge in [-0.05, 0) is 23.0 Å². The quantitative estimate of drug-likeness (QED) is 0.622. The van der Waals surface area contributed by atoms with E-state index in [9.17, 15) is 10.2 Å². The molecule has 2 N–H and O–H groups in total. The van der Waals surface area contributed by atoms with Gasteiger partial charge in [-0.1, -0.05) is 41.5 Å². The van der Waals surface area contributed by atoms with Gasteiger partial charge in [0, 0.05) is 27.7 Å². The number of benzene rings is 1. The second-order valence-corrected chi connectivity index (χ2v) is 8.89. The molecule has 0 bridgehead atoms. The van der Waals surface area contributed by atoms with Gasteiger partial charge in [0.1, 0.15) is 5.75 Å². The Balaban J connectivity index is 3.27. The smallest absolute Gasteiger partial charge is 0.123 e. The minimum atomic E-state index is -0.512. The molecule has 0 fully saturated rings. The number of hydrogen-bond donors (Lipinski definition) is 2. The van der Waals surface area contributed by atoms with Crippen molar-refractivity contribution in [1.82, 2.24) is 0 Å². The normalized spacial score (nSPS) is 14.3. The van der Waals surface area contributed by atoms with Crippen LogP contribution in [0.3, 0.4) is 0 Å². The van der Waals surface area contributed by atoms with Crippen molar-refractivity contribution in [2.75, 3.05) is 11.6 Å². The van der Waals surface area contributed by atoms with Crippen LogP contribution in [0.1, 0.15) is 52.7 Å². The number of phenols is 1. The van der Waals surface area contributed by atoms with E-state index in [0.29, 0.717) is 11.5 Å². The second-order valence-electron chi connectivity index (χ2n) is 7.49. The Kier molecular flexibility index (Phi) is 6.05. The maximum absolute atomic E-state index is 10.6. The Bertz CT molecular complexity index is 452. The highest BCUT2D eigenvalue weighted by Crippen LogP contribution is 2.41. The van der Waals surface area contributed by atoms with Gasteiger partial charge in [-0.25, -0.2) is 0 Å².